The topological polar surface area (TPSA) is 41.1 Å². The fraction of sp³-hybridized carbons (Fsp3) is 0.643. The molecule has 0 unspecified atom stereocenters. The van der Waals surface area contributed by atoms with Gasteiger partial charge in [-0.15, -0.1) is 11.3 Å². The Labute approximate surface area is 113 Å². The van der Waals surface area contributed by atoms with Crippen molar-refractivity contribution in [1.82, 2.24) is 10.6 Å². The molecule has 1 amide bonds. The monoisotopic (exact) mass is 266 g/mol. The van der Waals surface area contributed by atoms with Gasteiger partial charge in [0.1, 0.15) is 0 Å². The van der Waals surface area contributed by atoms with Crippen molar-refractivity contribution in [2.75, 3.05) is 6.54 Å². The highest BCUT2D eigenvalue weighted by Gasteiger charge is 2.15. The van der Waals surface area contributed by atoms with Gasteiger partial charge in [0.2, 0.25) is 5.91 Å². The Balaban J connectivity index is 1.64. The van der Waals surface area contributed by atoms with Crippen LogP contribution in [0.3, 0.4) is 0 Å². The van der Waals surface area contributed by atoms with Gasteiger partial charge in [-0.3, -0.25) is 4.79 Å². The number of carbonyl (C=O) groups is 1. The van der Waals surface area contributed by atoms with E-state index in [1.54, 1.807) is 11.3 Å². The van der Waals surface area contributed by atoms with Crippen LogP contribution in [0.15, 0.2) is 12.1 Å². The maximum Gasteiger partial charge on any atom is 0.234 e. The molecule has 4 heteroatoms. The second kappa shape index (κ2) is 6.90. The number of rotatable bonds is 6. The first-order chi connectivity index (χ1) is 8.78. The molecular weight excluding hydrogens is 244 g/mol. The summed E-state index contributed by atoms with van der Waals surface area (Å²) in [6, 6.07) is 4.81. The molecule has 1 fully saturated rings. The van der Waals surface area contributed by atoms with Crippen molar-refractivity contribution in [3.05, 3.63) is 21.9 Å². The number of nitrogens with one attached hydrogen (secondary N) is 2. The van der Waals surface area contributed by atoms with Crippen LogP contribution >= 0.6 is 11.3 Å². The summed E-state index contributed by atoms with van der Waals surface area (Å²) in [4.78, 5) is 14.3. The van der Waals surface area contributed by atoms with E-state index in [0.29, 0.717) is 19.1 Å². The zero-order valence-corrected chi connectivity index (χ0v) is 11.8. The Morgan fingerprint density at radius 1 is 1.33 bits per heavy atom. The Hall–Kier alpha value is -0.870. The number of thiophene rings is 1. The number of hydrogen-bond donors (Lipinski definition) is 2. The summed E-state index contributed by atoms with van der Waals surface area (Å²) in [5.74, 6) is 0.105. The van der Waals surface area contributed by atoms with Gasteiger partial charge in [0.05, 0.1) is 13.1 Å². The zero-order valence-electron chi connectivity index (χ0n) is 11.0. The third kappa shape index (κ3) is 4.10. The minimum Gasteiger partial charge on any atom is -0.350 e. The predicted molar refractivity (Wildman–Crippen MR) is 75.8 cm³/mol. The third-order valence-electron chi connectivity index (χ3n) is 3.43. The molecule has 0 aliphatic heterocycles. The van der Waals surface area contributed by atoms with Crippen molar-refractivity contribution in [3.63, 3.8) is 0 Å². The normalized spacial score (nSPS) is 16.1. The lowest BCUT2D eigenvalue weighted by Gasteiger charge is -2.11. The Kier molecular flexibility index (Phi) is 5.20. The molecule has 0 spiro atoms. The molecule has 1 aromatic rings. The first-order valence-corrected chi connectivity index (χ1v) is 7.67. The maximum atomic E-state index is 11.7. The van der Waals surface area contributed by atoms with Crippen LogP contribution in [0.5, 0.6) is 0 Å². The Morgan fingerprint density at radius 2 is 2.06 bits per heavy atom. The van der Waals surface area contributed by atoms with Gasteiger partial charge >= 0.3 is 0 Å². The van der Waals surface area contributed by atoms with Crippen LogP contribution < -0.4 is 10.6 Å². The van der Waals surface area contributed by atoms with E-state index in [0.717, 1.165) is 6.42 Å². The zero-order chi connectivity index (χ0) is 12.8. The molecule has 0 saturated heterocycles. The summed E-state index contributed by atoms with van der Waals surface area (Å²) < 4.78 is 0. The molecule has 2 rings (SSSR count). The van der Waals surface area contributed by atoms with Gasteiger partial charge in [-0.2, -0.15) is 0 Å². The van der Waals surface area contributed by atoms with E-state index < -0.39 is 0 Å². The second-order valence-corrected chi connectivity index (χ2v) is 6.11. The molecule has 1 saturated carbocycles. The smallest absolute Gasteiger partial charge is 0.234 e. The van der Waals surface area contributed by atoms with Gasteiger partial charge in [0, 0.05) is 15.8 Å². The third-order valence-corrected chi connectivity index (χ3v) is 4.66. The molecule has 3 nitrogen and oxygen atoms in total. The lowest BCUT2D eigenvalue weighted by atomic mass is 10.2. The highest BCUT2D eigenvalue weighted by atomic mass is 32.1. The molecule has 100 valence electrons. The lowest BCUT2D eigenvalue weighted by Crippen LogP contribution is -2.37. The Morgan fingerprint density at radius 3 is 2.72 bits per heavy atom. The van der Waals surface area contributed by atoms with Crippen molar-refractivity contribution in [3.8, 4) is 0 Å². The number of hydrogen-bond acceptors (Lipinski definition) is 3. The molecule has 0 aromatic carbocycles. The van der Waals surface area contributed by atoms with Crippen molar-refractivity contribution < 1.29 is 4.79 Å². The van der Waals surface area contributed by atoms with Crippen molar-refractivity contribution in [1.29, 1.82) is 0 Å². The van der Waals surface area contributed by atoms with Crippen LogP contribution in [0.4, 0.5) is 0 Å². The number of amides is 1. The molecule has 1 heterocycles. The summed E-state index contributed by atoms with van der Waals surface area (Å²) in [7, 11) is 0. The summed E-state index contributed by atoms with van der Waals surface area (Å²) in [5, 5.41) is 6.29. The van der Waals surface area contributed by atoms with Crippen LogP contribution in [0.25, 0.3) is 0 Å². The fourth-order valence-electron chi connectivity index (χ4n) is 2.32. The first kappa shape index (κ1) is 13.6. The summed E-state index contributed by atoms with van der Waals surface area (Å²) >= 11 is 1.78. The molecule has 0 bridgehead atoms. The van der Waals surface area contributed by atoms with Gasteiger partial charge < -0.3 is 10.6 Å². The minimum absolute atomic E-state index is 0.105. The van der Waals surface area contributed by atoms with Crippen molar-refractivity contribution >= 4 is 17.2 Å². The number of carbonyl (C=O) groups excluding carboxylic acids is 1. The summed E-state index contributed by atoms with van der Waals surface area (Å²) in [6.07, 6.45) is 6.11. The van der Waals surface area contributed by atoms with E-state index in [2.05, 4.69) is 29.7 Å². The molecular formula is C14H22N2OS. The van der Waals surface area contributed by atoms with Gasteiger partial charge in [0.15, 0.2) is 0 Å². The van der Waals surface area contributed by atoms with Crippen molar-refractivity contribution in [2.45, 2.75) is 51.6 Å². The van der Waals surface area contributed by atoms with Crippen LogP contribution in [-0.4, -0.2) is 18.5 Å². The standard InChI is InChI=1S/C14H22N2OS/c1-2-12-7-8-13(18-12)9-16-14(17)10-15-11-5-3-4-6-11/h7-8,11,15H,2-6,9-10H2,1H3,(H,16,17). The molecule has 18 heavy (non-hydrogen) atoms. The van der Waals surface area contributed by atoms with Crippen LogP contribution in [0, 0.1) is 0 Å². The first-order valence-electron chi connectivity index (χ1n) is 6.85. The number of aryl methyl sites for hydroxylation is 1. The average molecular weight is 266 g/mol. The van der Waals surface area contributed by atoms with Gasteiger partial charge in [-0.1, -0.05) is 19.8 Å². The highest BCUT2D eigenvalue weighted by Crippen LogP contribution is 2.17. The molecule has 0 atom stereocenters. The second-order valence-electron chi connectivity index (χ2n) is 4.86. The molecule has 0 radical (unpaired) electrons. The Bertz CT molecular complexity index is 383. The molecule has 1 aliphatic carbocycles. The quantitative estimate of drug-likeness (QED) is 0.830. The van der Waals surface area contributed by atoms with Crippen LogP contribution in [0.2, 0.25) is 0 Å². The predicted octanol–water partition coefficient (Wildman–Crippen LogP) is 2.46. The molecule has 1 aliphatic rings. The largest absolute Gasteiger partial charge is 0.350 e. The molecule has 1 aromatic heterocycles. The van der Waals surface area contributed by atoms with E-state index in [1.165, 1.54) is 35.4 Å². The average Bonchev–Trinajstić information content (AvgIpc) is 3.04. The minimum atomic E-state index is 0.105. The molecule has 2 N–H and O–H groups in total. The summed E-state index contributed by atoms with van der Waals surface area (Å²) in [6.45, 7) is 3.27. The van der Waals surface area contributed by atoms with E-state index >= 15 is 0 Å². The van der Waals surface area contributed by atoms with Crippen LogP contribution in [0.1, 0.15) is 42.4 Å². The van der Waals surface area contributed by atoms with E-state index in [-0.39, 0.29) is 5.91 Å². The van der Waals surface area contributed by atoms with Gasteiger partial charge in [0.25, 0.3) is 0 Å². The fourth-order valence-corrected chi connectivity index (χ4v) is 3.22. The van der Waals surface area contributed by atoms with Gasteiger partial charge in [-0.05, 0) is 31.4 Å². The summed E-state index contributed by atoms with van der Waals surface area (Å²) in [5.41, 5.74) is 0. The highest BCUT2D eigenvalue weighted by molar-refractivity contribution is 7.11. The van der Waals surface area contributed by atoms with Crippen molar-refractivity contribution in [2.24, 2.45) is 0 Å². The van der Waals surface area contributed by atoms with E-state index in [4.69, 9.17) is 0 Å². The van der Waals surface area contributed by atoms with Crippen LogP contribution in [-0.2, 0) is 17.8 Å². The maximum absolute atomic E-state index is 11.7. The van der Waals surface area contributed by atoms with E-state index in [9.17, 15) is 4.79 Å². The van der Waals surface area contributed by atoms with E-state index in [1.807, 2.05) is 0 Å². The van der Waals surface area contributed by atoms with Gasteiger partial charge in [-0.25, -0.2) is 0 Å². The lowest BCUT2D eigenvalue weighted by molar-refractivity contribution is -0.120. The SMILES string of the molecule is CCc1ccc(CNC(=O)CNC2CCCC2)s1.